The van der Waals surface area contributed by atoms with E-state index in [0.29, 0.717) is 18.6 Å². The van der Waals surface area contributed by atoms with Crippen LogP contribution in [0.4, 0.5) is 0 Å². The van der Waals surface area contributed by atoms with Gasteiger partial charge < -0.3 is 14.6 Å². The van der Waals surface area contributed by atoms with E-state index >= 15 is 0 Å². The molecule has 0 atom stereocenters. The minimum atomic E-state index is -1.69. The van der Waals surface area contributed by atoms with Gasteiger partial charge in [-0.05, 0) is 37.0 Å². The fraction of sp³-hybridized carbons (Fsp3) is 0.750. The lowest BCUT2D eigenvalue weighted by atomic mass is 10.1. The average molecular weight is 296 g/mol. The molecule has 0 unspecified atom stereocenters. The Bertz CT molecular complexity index is 417. The molecule has 0 aromatic carbocycles. The summed E-state index contributed by atoms with van der Waals surface area (Å²) in [4.78, 5) is 0. The highest BCUT2D eigenvalue weighted by molar-refractivity contribution is 6.74. The Balaban J connectivity index is 2.45. The molecule has 0 bridgehead atoms. The van der Waals surface area contributed by atoms with Crippen molar-refractivity contribution in [3.05, 3.63) is 11.6 Å². The second kappa shape index (κ2) is 6.44. The van der Waals surface area contributed by atoms with E-state index in [1.807, 2.05) is 0 Å². The molecule has 2 N–H and O–H groups in total. The van der Waals surface area contributed by atoms with E-state index in [2.05, 4.69) is 45.7 Å². The predicted octanol–water partition coefficient (Wildman–Crippen LogP) is 2.85. The molecule has 4 heteroatoms. The summed E-state index contributed by atoms with van der Waals surface area (Å²) in [5.41, 5.74) is -0.108. The van der Waals surface area contributed by atoms with Gasteiger partial charge in [0.2, 0.25) is 0 Å². The van der Waals surface area contributed by atoms with Gasteiger partial charge >= 0.3 is 0 Å². The normalized spacial score (nSPS) is 18.4. The van der Waals surface area contributed by atoms with Crippen LogP contribution in [0.25, 0.3) is 0 Å². The lowest BCUT2D eigenvalue weighted by molar-refractivity contribution is 0.192. The summed E-state index contributed by atoms with van der Waals surface area (Å²) in [5.74, 6) is 6.03. The molecule has 1 saturated carbocycles. The highest BCUT2D eigenvalue weighted by Gasteiger charge is 2.43. The molecule has 1 fully saturated rings. The van der Waals surface area contributed by atoms with Crippen molar-refractivity contribution < 1.29 is 14.6 Å². The highest BCUT2D eigenvalue weighted by atomic mass is 28.4. The van der Waals surface area contributed by atoms with E-state index in [9.17, 15) is 5.11 Å². The first-order valence-electron chi connectivity index (χ1n) is 7.29. The van der Waals surface area contributed by atoms with Crippen molar-refractivity contribution in [2.75, 3.05) is 13.2 Å². The molecule has 0 aliphatic heterocycles. The summed E-state index contributed by atoms with van der Waals surface area (Å²) in [7, 11) is -1.69. The molecule has 0 heterocycles. The van der Waals surface area contributed by atoms with E-state index in [1.54, 1.807) is 6.08 Å². The molecule has 20 heavy (non-hydrogen) atoms. The monoisotopic (exact) mass is 296 g/mol. The SMILES string of the molecule is CC(C)(C)[Si](C)(C)OCCC#C/C(=C/CO)C1(O)CC1. The molecule has 114 valence electrons. The topological polar surface area (TPSA) is 49.7 Å². The van der Waals surface area contributed by atoms with Crippen molar-refractivity contribution in [3.63, 3.8) is 0 Å². The molecule has 0 aromatic rings. The van der Waals surface area contributed by atoms with Crippen LogP contribution in [-0.4, -0.2) is 37.3 Å². The third kappa shape index (κ3) is 4.74. The molecule has 3 nitrogen and oxygen atoms in total. The maximum absolute atomic E-state index is 10.0. The third-order valence-electron chi connectivity index (χ3n) is 4.24. The van der Waals surface area contributed by atoms with Crippen molar-refractivity contribution in [1.29, 1.82) is 0 Å². The van der Waals surface area contributed by atoms with E-state index in [0.717, 1.165) is 12.8 Å². The van der Waals surface area contributed by atoms with E-state index in [-0.39, 0.29) is 11.6 Å². The Labute approximate surface area is 124 Å². The van der Waals surface area contributed by atoms with Gasteiger partial charge in [0.25, 0.3) is 0 Å². The maximum Gasteiger partial charge on any atom is 0.192 e. The Kier molecular flexibility index (Phi) is 5.62. The minimum absolute atomic E-state index is 0.0766. The van der Waals surface area contributed by atoms with Crippen LogP contribution in [-0.2, 0) is 4.43 Å². The molecular weight excluding hydrogens is 268 g/mol. The average Bonchev–Trinajstić information content (AvgIpc) is 3.05. The number of aliphatic hydroxyl groups is 2. The van der Waals surface area contributed by atoms with E-state index in [1.165, 1.54) is 0 Å². The first kappa shape index (κ1) is 17.4. The van der Waals surface area contributed by atoms with Gasteiger partial charge in [0.15, 0.2) is 8.32 Å². The van der Waals surface area contributed by atoms with Crippen LogP contribution in [0.2, 0.25) is 18.1 Å². The van der Waals surface area contributed by atoms with Crippen molar-refractivity contribution >= 4 is 8.32 Å². The van der Waals surface area contributed by atoms with Gasteiger partial charge in [-0.25, -0.2) is 0 Å². The Hall–Kier alpha value is -0.603. The largest absolute Gasteiger partial charge is 0.416 e. The molecular formula is C16H28O3Si. The van der Waals surface area contributed by atoms with E-state index in [4.69, 9.17) is 9.53 Å². The van der Waals surface area contributed by atoms with Gasteiger partial charge in [-0.1, -0.05) is 32.6 Å². The maximum atomic E-state index is 10.0. The molecule has 1 aliphatic rings. The highest BCUT2D eigenvalue weighted by Crippen LogP contribution is 2.41. The summed E-state index contributed by atoms with van der Waals surface area (Å²) in [5, 5.41) is 19.2. The van der Waals surface area contributed by atoms with Gasteiger partial charge in [-0.3, -0.25) is 0 Å². The number of rotatable bonds is 5. The zero-order valence-corrected chi connectivity index (χ0v) is 14.4. The summed E-state index contributed by atoms with van der Waals surface area (Å²) in [6.07, 6.45) is 3.75. The van der Waals surface area contributed by atoms with Crippen LogP contribution < -0.4 is 0 Å². The van der Waals surface area contributed by atoms with Crippen molar-refractivity contribution in [1.82, 2.24) is 0 Å². The summed E-state index contributed by atoms with van der Waals surface area (Å²) in [6.45, 7) is 11.7. The van der Waals surface area contributed by atoms with Gasteiger partial charge in [-0.15, -0.1) is 0 Å². The van der Waals surface area contributed by atoms with Crippen LogP contribution in [0.3, 0.4) is 0 Å². The quantitative estimate of drug-likeness (QED) is 0.466. The van der Waals surface area contributed by atoms with Gasteiger partial charge in [0.05, 0.1) is 12.2 Å². The fourth-order valence-corrected chi connectivity index (χ4v) is 2.61. The van der Waals surface area contributed by atoms with Crippen molar-refractivity contribution in [3.8, 4) is 11.8 Å². The van der Waals surface area contributed by atoms with Crippen molar-refractivity contribution in [2.24, 2.45) is 0 Å². The van der Waals surface area contributed by atoms with Crippen LogP contribution >= 0.6 is 0 Å². The third-order valence-corrected chi connectivity index (χ3v) is 8.78. The standard InChI is InChI=1S/C16H28O3Si/c1-15(2,3)20(4,5)19-13-7-6-8-14(9-12-17)16(18)10-11-16/h9,17-18H,7,10-13H2,1-5H3/b14-9-. The molecule has 1 aliphatic carbocycles. The molecule has 0 aromatic heterocycles. The smallest absolute Gasteiger partial charge is 0.192 e. The van der Waals surface area contributed by atoms with Gasteiger partial charge in [-0.2, -0.15) is 0 Å². The second-order valence-corrected chi connectivity index (χ2v) is 11.8. The van der Waals surface area contributed by atoms with Gasteiger partial charge in [0.1, 0.15) is 0 Å². The molecule has 1 rings (SSSR count). The van der Waals surface area contributed by atoms with Crippen molar-refractivity contribution in [2.45, 2.75) is 63.8 Å². The first-order valence-corrected chi connectivity index (χ1v) is 10.2. The predicted molar refractivity (Wildman–Crippen MR) is 84.9 cm³/mol. The van der Waals surface area contributed by atoms with Gasteiger partial charge in [0, 0.05) is 18.6 Å². The number of hydrogen-bond donors (Lipinski definition) is 2. The molecule has 0 radical (unpaired) electrons. The lowest BCUT2D eigenvalue weighted by Crippen LogP contribution is -2.40. The van der Waals surface area contributed by atoms with Crippen LogP contribution in [0, 0.1) is 11.8 Å². The summed E-state index contributed by atoms with van der Waals surface area (Å²) >= 11 is 0. The summed E-state index contributed by atoms with van der Waals surface area (Å²) in [6, 6.07) is 0. The Morgan fingerprint density at radius 2 is 1.95 bits per heavy atom. The molecule has 0 saturated heterocycles. The zero-order valence-electron chi connectivity index (χ0n) is 13.4. The fourth-order valence-electron chi connectivity index (χ4n) is 1.57. The lowest BCUT2D eigenvalue weighted by Gasteiger charge is -2.35. The molecule has 0 spiro atoms. The van der Waals surface area contributed by atoms with E-state index < -0.39 is 13.9 Å². The molecule has 0 amide bonds. The second-order valence-electron chi connectivity index (χ2n) is 6.99. The number of hydrogen-bond acceptors (Lipinski definition) is 3. The van der Waals surface area contributed by atoms with Crippen LogP contribution in [0.1, 0.15) is 40.0 Å². The summed E-state index contributed by atoms with van der Waals surface area (Å²) < 4.78 is 6.04. The number of aliphatic hydroxyl groups excluding tert-OH is 1. The van der Waals surface area contributed by atoms with Crippen LogP contribution in [0.5, 0.6) is 0 Å². The Morgan fingerprint density at radius 3 is 2.40 bits per heavy atom. The zero-order chi connectivity index (χ0) is 15.4. The first-order chi connectivity index (χ1) is 9.12. The minimum Gasteiger partial charge on any atom is -0.416 e. The van der Waals surface area contributed by atoms with Crippen LogP contribution in [0.15, 0.2) is 11.6 Å². The Morgan fingerprint density at radius 1 is 1.35 bits per heavy atom.